The summed E-state index contributed by atoms with van der Waals surface area (Å²) < 4.78 is 5.56. The topological polar surface area (TPSA) is 70.1 Å². The quantitative estimate of drug-likeness (QED) is 0.815. The summed E-state index contributed by atoms with van der Waals surface area (Å²) in [5, 5.41) is 8.84. The molecule has 0 saturated carbocycles. The van der Waals surface area contributed by atoms with Crippen molar-refractivity contribution in [3.8, 4) is 0 Å². The fourth-order valence-electron chi connectivity index (χ4n) is 2.14. The summed E-state index contributed by atoms with van der Waals surface area (Å²) in [6, 6.07) is -0.134. The Morgan fingerprint density at radius 2 is 1.89 bits per heavy atom. The molecule has 1 aliphatic rings. The van der Waals surface area contributed by atoms with Crippen LogP contribution >= 0.6 is 0 Å². The molecule has 1 N–H and O–H groups in total. The monoisotopic (exact) mass is 258 g/mol. The molecule has 18 heavy (non-hydrogen) atoms. The van der Waals surface area contributed by atoms with E-state index in [0.717, 1.165) is 0 Å². The Morgan fingerprint density at radius 3 is 2.33 bits per heavy atom. The summed E-state index contributed by atoms with van der Waals surface area (Å²) in [4.78, 5) is 26.1. The molecular weight excluding hydrogens is 236 g/mol. The second-order valence-corrected chi connectivity index (χ2v) is 5.06. The minimum Gasteiger partial charge on any atom is -0.481 e. The Hall–Kier alpha value is -1.30. The van der Waals surface area contributed by atoms with Gasteiger partial charge in [0.05, 0.1) is 18.1 Å². The molecule has 0 aromatic carbocycles. The first-order chi connectivity index (χ1) is 8.31. The number of aliphatic carboxylic acids is 1. The summed E-state index contributed by atoms with van der Waals surface area (Å²) in [5.41, 5.74) is 0. The van der Waals surface area contributed by atoms with Crippen molar-refractivity contribution < 1.29 is 19.4 Å². The summed E-state index contributed by atoms with van der Waals surface area (Å²) in [5.74, 6) is -1.45. The van der Waals surface area contributed by atoms with Gasteiger partial charge in [-0.25, -0.2) is 4.79 Å². The SMILES string of the molecule is CC(CN(C)C(=O)N1C[C@@H](C)O[C@@H](C)C1)C(=O)O. The second-order valence-electron chi connectivity index (χ2n) is 5.06. The van der Waals surface area contributed by atoms with Crippen molar-refractivity contribution >= 4 is 12.0 Å². The Labute approximate surface area is 107 Å². The normalized spacial score (nSPS) is 25.7. The molecule has 0 radical (unpaired) electrons. The third kappa shape index (κ3) is 3.87. The van der Waals surface area contributed by atoms with Crippen molar-refractivity contribution in [3.05, 3.63) is 0 Å². The number of ether oxygens (including phenoxy) is 1. The van der Waals surface area contributed by atoms with E-state index in [1.165, 1.54) is 4.90 Å². The fourth-order valence-corrected chi connectivity index (χ4v) is 2.14. The van der Waals surface area contributed by atoms with E-state index in [1.807, 2.05) is 13.8 Å². The third-order valence-corrected chi connectivity index (χ3v) is 2.99. The number of amides is 2. The van der Waals surface area contributed by atoms with Gasteiger partial charge in [-0.2, -0.15) is 0 Å². The van der Waals surface area contributed by atoms with Crippen molar-refractivity contribution in [1.82, 2.24) is 9.80 Å². The van der Waals surface area contributed by atoms with Gasteiger partial charge in [0.25, 0.3) is 0 Å². The number of hydrogen-bond acceptors (Lipinski definition) is 3. The van der Waals surface area contributed by atoms with E-state index in [0.29, 0.717) is 13.1 Å². The van der Waals surface area contributed by atoms with Gasteiger partial charge in [0, 0.05) is 26.7 Å². The average Bonchev–Trinajstić information content (AvgIpc) is 2.26. The Balaban J connectivity index is 2.55. The lowest BCUT2D eigenvalue weighted by Crippen LogP contribution is -2.52. The highest BCUT2D eigenvalue weighted by Crippen LogP contribution is 2.13. The number of urea groups is 1. The Bertz CT molecular complexity index is 311. The molecule has 6 heteroatoms. The number of carbonyl (C=O) groups excluding carboxylic acids is 1. The minimum atomic E-state index is -0.890. The maximum atomic E-state index is 12.2. The molecule has 0 aromatic rings. The molecule has 1 fully saturated rings. The highest BCUT2D eigenvalue weighted by atomic mass is 16.5. The van der Waals surface area contributed by atoms with Crippen LogP contribution in [0.5, 0.6) is 0 Å². The van der Waals surface area contributed by atoms with Gasteiger partial charge in [0.15, 0.2) is 0 Å². The summed E-state index contributed by atoms with van der Waals surface area (Å²) in [7, 11) is 1.63. The minimum absolute atomic E-state index is 0.0167. The van der Waals surface area contributed by atoms with Gasteiger partial charge in [-0.1, -0.05) is 6.92 Å². The molecule has 104 valence electrons. The lowest BCUT2D eigenvalue weighted by molar-refractivity contribution is -0.141. The molecule has 6 nitrogen and oxygen atoms in total. The van der Waals surface area contributed by atoms with Gasteiger partial charge in [-0.15, -0.1) is 0 Å². The number of carbonyl (C=O) groups is 2. The molecule has 0 aromatic heterocycles. The molecule has 1 aliphatic heterocycles. The third-order valence-electron chi connectivity index (χ3n) is 2.99. The van der Waals surface area contributed by atoms with Crippen molar-refractivity contribution in [2.75, 3.05) is 26.7 Å². The van der Waals surface area contributed by atoms with Crippen molar-refractivity contribution in [1.29, 1.82) is 0 Å². The molecule has 1 rings (SSSR count). The molecule has 1 saturated heterocycles. The highest BCUT2D eigenvalue weighted by molar-refractivity contribution is 5.76. The highest BCUT2D eigenvalue weighted by Gasteiger charge is 2.28. The summed E-state index contributed by atoms with van der Waals surface area (Å²) >= 11 is 0. The van der Waals surface area contributed by atoms with E-state index >= 15 is 0 Å². The van der Waals surface area contributed by atoms with Crippen LogP contribution < -0.4 is 0 Å². The van der Waals surface area contributed by atoms with E-state index in [1.54, 1.807) is 18.9 Å². The summed E-state index contributed by atoms with van der Waals surface area (Å²) in [6.45, 7) is 6.76. The zero-order valence-corrected chi connectivity index (χ0v) is 11.4. The van der Waals surface area contributed by atoms with Gasteiger partial charge in [0.1, 0.15) is 0 Å². The lowest BCUT2D eigenvalue weighted by atomic mass is 10.2. The fraction of sp³-hybridized carbons (Fsp3) is 0.833. The molecule has 1 unspecified atom stereocenters. The molecule has 0 spiro atoms. The zero-order chi connectivity index (χ0) is 13.9. The summed E-state index contributed by atoms with van der Waals surface area (Å²) in [6.07, 6.45) is 0.0333. The molecule has 3 atom stereocenters. The van der Waals surface area contributed by atoms with Crippen LogP contribution in [-0.4, -0.2) is 65.8 Å². The molecule has 0 aliphatic carbocycles. The van der Waals surface area contributed by atoms with Crippen molar-refractivity contribution in [2.45, 2.75) is 33.0 Å². The first-order valence-electron chi connectivity index (χ1n) is 6.19. The number of rotatable bonds is 3. The maximum absolute atomic E-state index is 12.2. The van der Waals surface area contributed by atoms with E-state index in [-0.39, 0.29) is 24.8 Å². The van der Waals surface area contributed by atoms with Gasteiger partial charge in [-0.05, 0) is 13.8 Å². The average molecular weight is 258 g/mol. The van der Waals surface area contributed by atoms with Crippen molar-refractivity contribution in [2.24, 2.45) is 5.92 Å². The van der Waals surface area contributed by atoms with E-state index < -0.39 is 11.9 Å². The first kappa shape index (κ1) is 14.8. The molecular formula is C12H22N2O4. The number of hydrogen-bond donors (Lipinski definition) is 1. The van der Waals surface area contributed by atoms with Gasteiger partial charge < -0.3 is 19.6 Å². The van der Waals surface area contributed by atoms with Crippen LogP contribution in [0, 0.1) is 5.92 Å². The van der Waals surface area contributed by atoms with Crippen LogP contribution in [0.2, 0.25) is 0 Å². The van der Waals surface area contributed by atoms with Crippen LogP contribution in [0.4, 0.5) is 4.79 Å². The number of carboxylic acid groups (broad SMARTS) is 1. The molecule has 0 bridgehead atoms. The van der Waals surface area contributed by atoms with Gasteiger partial charge in [0.2, 0.25) is 0 Å². The van der Waals surface area contributed by atoms with Crippen molar-refractivity contribution in [3.63, 3.8) is 0 Å². The smallest absolute Gasteiger partial charge is 0.319 e. The van der Waals surface area contributed by atoms with Crippen LogP contribution in [0.3, 0.4) is 0 Å². The van der Waals surface area contributed by atoms with Crippen LogP contribution in [0.25, 0.3) is 0 Å². The lowest BCUT2D eigenvalue weighted by Gasteiger charge is -2.37. The van der Waals surface area contributed by atoms with Crippen LogP contribution in [0.15, 0.2) is 0 Å². The molecule has 2 amide bonds. The predicted molar refractivity (Wildman–Crippen MR) is 66.4 cm³/mol. The Kier molecular flexibility index (Phi) is 4.95. The number of nitrogens with zero attached hydrogens (tertiary/aromatic N) is 2. The second kappa shape index (κ2) is 6.04. The van der Waals surface area contributed by atoms with E-state index in [4.69, 9.17) is 9.84 Å². The van der Waals surface area contributed by atoms with Crippen LogP contribution in [-0.2, 0) is 9.53 Å². The van der Waals surface area contributed by atoms with Gasteiger partial charge in [-0.3, -0.25) is 4.79 Å². The zero-order valence-electron chi connectivity index (χ0n) is 11.4. The number of morpholine rings is 1. The maximum Gasteiger partial charge on any atom is 0.319 e. The van der Waals surface area contributed by atoms with Crippen LogP contribution in [0.1, 0.15) is 20.8 Å². The largest absolute Gasteiger partial charge is 0.481 e. The van der Waals surface area contributed by atoms with E-state index in [9.17, 15) is 9.59 Å². The first-order valence-corrected chi connectivity index (χ1v) is 6.19. The standard InChI is InChI=1S/C12H22N2O4/c1-8(11(15)16)5-13(4)12(17)14-6-9(2)18-10(3)7-14/h8-10H,5-7H2,1-4H3,(H,15,16)/t8?,9-,10+. The predicted octanol–water partition coefficient (Wildman–Crippen LogP) is 0.868. The van der Waals surface area contributed by atoms with Gasteiger partial charge >= 0.3 is 12.0 Å². The Morgan fingerprint density at radius 1 is 1.39 bits per heavy atom. The van der Waals surface area contributed by atoms with E-state index in [2.05, 4.69) is 0 Å². The molecule has 1 heterocycles. The number of carboxylic acids is 1.